The molecule has 0 aliphatic heterocycles. The van der Waals surface area contributed by atoms with E-state index in [1.807, 2.05) is 0 Å². The molecule has 0 aliphatic rings. The molecular formula is C10H15N3O3S. The van der Waals surface area contributed by atoms with Gasteiger partial charge in [-0.25, -0.2) is 13.1 Å². The second-order valence-electron chi connectivity index (χ2n) is 3.35. The molecule has 0 aromatic heterocycles. The Kier molecular flexibility index (Phi) is 4.62. The molecule has 94 valence electrons. The van der Waals surface area contributed by atoms with E-state index in [1.165, 1.54) is 19.2 Å². The van der Waals surface area contributed by atoms with E-state index in [9.17, 15) is 13.2 Å². The number of nitrogens with two attached hydrogens (primary N) is 1. The molecule has 4 N–H and O–H groups in total. The highest BCUT2D eigenvalue weighted by atomic mass is 32.2. The van der Waals surface area contributed by atoms with Crippen molar-refractivity contribution in [3.63, 3.8) is 0 Å². The van der Waals surface area contributed by atoms with E-state index in [1.54, 1.807) is 12.1 Å². The average molecular weight is 257 g/mol. The number of likely N-dealkylation sites (N-methyl/N-ethyl adjacent to an activating group) is 1. The summed E-state index contributed by atoms with van der Waals surface area (Å²) in [7, 11) is -2.23. The van der Waals surface area contributed by atoms with Gasteiger partial charge in [0.05, 0.1) is 11.4 Å². The van der Waals surface area contributed by atoms with Gasteiger partial charge < -0.3 is 11.1 Å². The molecule has 0 fully saturated rings. The maximum atomic E-state index is 11.8. The third-order valence-electron chi connectivity index (χ3n) is 2.15. The number of amides is 1. The molecule has 0 atom stereocenters. The molecule has 7 heteroatoms. The second kappa shape index (κ2) is 5.76. The summed E-state index contributed by atoms with van der Waals surface area (Å²) in [6, 6.07) is 6.27. The Balaban J connectivity index is 2.85. The van der Waals surface area contributed by atoms with Gasteiger partial charge >= 0.3 is 0 Å². The van der Waals surface area contributed by atoms with E-state index in [-0.39, 0.29) is 18.0 Å². The number of benzene rings is 1. The van der Waals surface area contributed by atoms with Crippen LogP contribution in [0.2, 0.25) is 0 Å². The van der Waals surface area contributed by atoms with Gasteiger partial charge in [-0.15, -0.1) is 0 Å². The predicted molar refractivity (Wildman–Crippen MR) is 63.6 cm³/mol. The van der Waals surface area contributed by atoms with Gasteiger partial charge in [-0.3, -0.25) is 4.79 Å². The smallest absolute Gasteiger partial charge is 0.241 e. The summed E-state index contributed by atoms with van der Waals surface area (Å²) in [5, 5.41) is 2.33. The zero-order valence-corrected chi connectivity index (χ0v) is 10.3. The maximum absolute atomic E-state index is 11.8. The Bertz CT molecular complexity index is 499. The van der Waals surface area contributed by atoms with Crippen LogP contribution in [-0.2, 0) is 21.4 Å². The molecule has 0 heterocycles. The molecule has 1 rings (SSSR count). The average Bonchev–Trinajstić information content (AvgIpc) is 2.36. The van der Waals surface area contributed by atoms with Crippen molar-refractivity contribution in [3.8, 4) is 0 Å². The molecule has 0 unspecified atom stereocenters. The van der Waals surface area contributed by atoms with Crippen LogP contribution in [0.1, 0.15) is 5.56 Å². The molecule has 0 spiro atoms. The summed E-state index contributed by atoms with van der Waals surface area (Å²) < 4.78 is 25.8. The summed E-state index contributed by atoms with van der Waals surface area (Å²) in [6.07, 6.45) is 0. The number of hydrogen-bond donors (Lipinski definition) is 3. The lowest BCUT2D eigenvalue weighted by atomic mass is 10.2. The van der Waals surface area contributed by atoms with Crippen molar-refractivity contribution >= 4 is 15.9 Å². The van der Waals surface area contributed by atoms with E-state index in [2.05, 4.69) is 10.0 Å². The summed E-state index contributed by atoms with van der Waals surface area (Å²) in [5.74, 6) is -0.399. The molecule has 1 amide bonds. The third-order valence-corrected chi connectivity index (χ3v) is 3.54. The van der Waals surface area contributed by atoms with Gasteiger partial charge in [0.25, 0.3) is 0 Å². The fourth-order valence-corrected chi connectivity index (χ4v) is 2.22. The van der Waals surface area contributed by atoms with Gasteiger partial charge in [-0.05, 0) is 17.7 Å². The topological polar surface area (TPSA) is 101 Å². The highest BCUT2D eigenvalue weighted by Gasteiger charge is 2.14. The summed E-state index contributed by atoms with van der Waals surface area (Å²) >= 11 is 0. The van der Waals surface area contributed by atoms with Gasteiger partial charge in [0.15, 0.2) is 0 Å². The van der Waals surface area contributed by atoms with E-state index < -0.39 is 15.9 Å². The molecular weight excluding hydrogens is 242 g/mol. The Labute approximate surface area is 100 Å². The largest absolute Gasteiger partial charge is 0.358 e. The van der Waals surface area contributed by atoms with Crippen LogP contribution in [-0.4, -0.2) is 27.9 Å². The van der Waals surface area contributed by atoms with Crippen LogP contribution in [0, 0.1) is 0 Å². The fraction of sp³-hybridized carbons (Fsp3) is 0.300. The Hall–Kier alpha value is -1.44. The molecule has 0 aliphatic carbocycles. The standard InChI is InChI=1S/C10H15N3O3S/c1-12-10(14)7-13-17(15,16)9-4-2-3-8(5-9)6-11/h2-5,13H,6-7,11H2,1H3,(H,12,14). The van der Waals surface area contributed by atoms with Crippen LogP contribution in [0.15, 0.2) is 29.2 Å². The Morgan fingerprint density at radius 3 is 2.71 bits per heavy atom. The number of rotatable bonds is 5. The normalized spacial score (nSPS) is 11.2. The Morgan fingerprint density at radius 2 is 2.12 bits per heavy atom. The van der Waals surface area contributed by atoms with Crippen molar-refractivity contribution in [2.75, 3.05) is 13.6 Å². The number of sulfonamides is 1. The number of carbonyl (C=O) groups excluding carboxylic acids is 1. The Morgan fingerprint density at radius 1 is 1.41 bits per heavy atom. The van der Waals surface area contributed by atoms with E-state index >= 15 is 0 Å². The molecule has 0 saturated carbocycles. The molecule has 0 saturated heterocycles. The molecule has 0 radical (unpaired) electrons. The maximum Gasteiger partial charge on any atom is 0.241 e. The first kappa shape index (κ1) is 13.6. The second-order valence-corrected chi connectivity index (χ2v) is 5.12. The van der Waals surface area contributed by atoms with Gasteiger partial charge in [0.1, 0.15) is 0 Å². The van der Waals surface area contributed by atoms with Crippen LogP contribution in [0.3, 0.4) is 0 Å². The molecule has 1 aromatic carbocycles. The minimum Gasteiger partial charge on any atom is -0.358 e. The summed E-state index contributed by atoms with van der Waals surface area (Å²) in [5.41, 5.74) is 6.14. The SMILES string of the molecule is CNC(=O)CNS(=O)(=O)c1cccc(CN)c1. The lowest BCUT2D eigenvalue weighted by molar-refractivity contribution is -0.119. The van der Waals surface area contributed by atoms with Gasteiger partial charge in [-0.2, -0.15) is 0 Å². The number of nitrogens with one attached hydrogen (secondary N) is 2. The first-order valence-corrected chi connectivity index (χ1v) is 6.47. The number of carbonyl (C=O) groups is 1. The van der Waals surface area contributed by atoms with Crippen molar-refractivity contribution in [2.24, 2.45) is 5.73 Å². The van der Waals surface area contributed by atoms with Crippen LogP contribution < -0.4 is 15.8 Å². The van der Waals surface area contributed by atoms with Gasteiger partial charge in [-0.1, -0.05) is 12.1 Å². The molecule has 6 nitrogen and oxygen atoms in total. The van der Waals surface area contributed by atoms with Crippen molar-refractivity contribution in [2.45, 2.75) is 11.4 Å². The van der Waals surface area contributed by atoms with E-state index in [0.717, 1.165) is 0 Å². The first-order valence-electron chi connectivity index (χ1n) is 4.99. The highest BCUT2D eigenvalue weighted by molar-refractivity contribution is 7.89. The first-order chi connectivity index (χ1) is 7.99. The van der Waals surface area contributed by atoms with E-state index in [4.69, 9.17) is 5.73 Å². The molecule has 17 heavy (non-hydrogen) atoms. The zero-order valence-electron chi connectivity index (χ0n) is 9.43. The third kappa shape index (κ3) is 3.81. The summed E-state index contributed by atoms with van der Waals surface area (Å²) in [4.78, 5) is 11.1. The van der Waals surface area contributed by atoms with E-state index in [0.29, 0.717) is 5.56 Å². The number of hydrogen-bond acceptors (Lipinski definition) is 4. The van der Waals surface area contributed by atoms with Crippen LogP contribution in [0.5, 0.6) is 0 Å². The zero-order chi connectivity index (χ0) is 12.9. The van der Waals surface area contributed by atoms with Gasteiger partial charge in [0.2, 0.25) is 15.9 Å². The van der Waals surface area contributed by atoms with Crippen LogP contribution >= 0.6 is 0 Å². The lowest BCUT2D eigenvalue weighted by Gasteiger charge is -2.07. The van der Waals surface area contributed by atoms with Crippen molar-refractivity contribution in [3.05, 3.63) is 29.8 Å². The minimum absolute atomic E-state index is 0.101. The lowest BCUT2D eigenvalue weighted by Crippen LogP contribution is -2.35. The monoisotopic (exact) mass is 257 g/mol. The molecule has 0 bridgehead atoms. The van der Waals surface area contributed by atoms with Crippen molar-refractivity contribution < 1.29 is 13.2 Å². The van der Waals surface area contributed by atoms with Crippen molar-refractivity contribution in [1.29, 1.82) is 0 Å². The fourth-order valence-electron chi connectivity index (χ4n) is 1.17. The summed E-state index contributed by atoms with van der Waals surface area (Å²) in [6.45, 7) is -0.0233. The quantitative estimate of drug-likeness (QED) is 0.640. The van der Waals surface area contributed by atoms with Crippen LogP contribution in [0.4, 0.5) is 0 Å². The molecule has 1 aromatic rings. The predicted octanol–water partition coefficient (Wildman–Crippen LogP) is -0.830. The minimum atomic E-state index is -3.66. The van der Waals surface area contributed by atoms with Crippen LogP contribution in [0.25, 0.3) is 0 Å². The van der Waals surface area contributed by atoms with Crippen molar-refractivity contribution in [1.82, 2.24) is 10.0 Å². The highest BCUT2D eigenvalue weighted by Crippen LogP contribution is 2.10. The van der Waals surface area contributed by atoms with Gasteiger partial charge in [0, 0.05) is 13.6 Å².